The molecule has 0 aliphatic heterocycles. The summed E-state index contributed by atoms with van der Waals surface area (Å²) in [6, 6.07) is 28.6. The van der Waals surface area contributed by atoms with Gasteiger partial charge in [-0.25, -0.2) is 0 Å². The third-order valence-corrected chi connectivity index (χ3v) is 6.18. The molecule has 0 saturated carbocycles. The van der Waals surface area contributed by atoms with Crippen LogP contribution in [-0.4, -0.2) is 16.0 Å². The molecule has 5 nitrogen and oxygen atoms in total. The van der Waals surface area contributed by atoms with Crippen LogP contribution in [0.4, 0.5) is 11.4 Å². The van der Waals surface area contributed by atoms with E-state index < -0.39 is 11.8 Å². The van der Waals surface area contributed by atoms with Gasteiger partial charge in [-0.2, -0.15) is 0 Å². The van der Waals surface area contributed by atoms with Crippen molar-refractivity contribution in [1.82, 2.24) is 0 Å². The van der Waals surface area contributed by atoms with Gasteiger partial charge in [-0.05, 0) is 71.5 Å². The van der Waals surface area contributed by atoms with E-state index in [0.29, 0.717) is 24.2 Å². The molecule has 0 radical (unpaired) electrons. The second-order valence-electron chi connectivity index (χ2n) is 8.51. The average molecular weight is 453 g/mol. The Morgan fingerprint density at radius 3 is 1.29 bits per heavy atom. The van der Waals surface area contributed by atoms with Crippen LogP contribution in [0, 0.1) is 0 Å². The second-order valence-corrected chi connectivity index (χ2v) is 8.51. The molecule has 0 aliphatic rings. The van der Waals surface area contributed by atoms with E-state index >= 15 is 0 Å². The number of anilines is 2. The summed E-state index contributed by atoms with van der Waals surface area (Å²) in [5.41, 5.74) is 17.2. The zero-order valence-corrected chi connectivity index (χ0v) is 18.8. The number of phenols is 2. The molecule has 5 heteroatoms. The standard InChI is InChI=1S/C29H28N2O3/c30-27-7-3-1-5-23(27)25(17-19-9-13-21(32)14-10-19)29(34)26(24-6-2-4-8-28(24)31)18-20-11-15-22(33)16-12-20/h1-16,25-26,32-33H,17-18,30-31H2. The number of rotatable bonds is 8. The highest BCUT2D eigenvalue weighted by molar-refractivity contribution is 5.94. The number of nitrogens with two attached hydrogens (primary N) is 2. The van der Waals surface area contributed by atoms with Gasteiger partial charge in [-0.3, -0.25) is 4.79 Å². The van der Waals surface area contributed by atoms with Crippen molar-refractivity contribution in [3.63, 3.8) is 0 Å². The minimum atomic E-state index is -0.507. The lowest BCUT2D eigenvalue weighted by molar-refractivity contribution is -0.122. The van der Waals surface area contributed by atoms with Crippen LogP contribution in [-0.2, 0) is 17.6 Å². The molecule has 4 aromatic carbocycles. The monoisotopic (exact) mass is 452 g/mol. The minimum Gasteiger partial charge on any atom is -0.508 e. The Morgan fingerprint density at radius 1 is 0.588 bits per heavy atom. The summed E-state index contributed by atoms with van der Waals surface area (Å²) in [7, 11) is 0. The number of Topliss-reactive ketones (excluding diaryl/α,β-unsaturated/α-hetero) is 1. The molecule has 0 bridgehead atoms. The number of phenolic OH excluding ortho intramolecular Hbond substituents is 2. The second kappa shape index (κ2) is 10.1. The molecule has 6 N–H and O–H groups in total. The Balaban J connectivity index is 1.78. The highest BCUT2D eigenvalue weighted by Crippen LogP contribution is 2.36. The lowest BCUT2D eigenvalue weighted by Gasteiger charge is -2.25. The molecule has 34 heavy (non-hydrogen) atoms. The van der Waals surface area contributed by atoms with E-state index in [0.717, 1.165) is 22.3 Å². The summed E-state index contributed by atoms with van der Waals surface area (Å²) in [6.45, 7) is 0. The largest absolute Gasteiger partial charge is 0.508 e. The lowest BCUT2D eigenvalue weighted by Crippen LogP contribution is -2.25. The summed E-state index contributed by atoms with van der Waals surface area (Å²) in [5.74, 6) is -0.655. The van der Waals surface area contributed by atoms with Gasteiger partial charge >= 0.3 is 0 Å². The molecule has 0 spiro atoms. The SMILES string of the molecule is Nc1ccccc1C(Cc1ccc(O)cc1)C(=O)C(Cc1ccc(O)cc1)c1ccccc1N. The third-order valence-electron chi connectivity index (χ3n) is 6.18. The first-order chi connectivity index (χ1) is 16.4. The van der Waals surface area contributed by atoms with Gasteiger partial charge in [0.05, 0.1) is 0 Å². The molecular formula is C29H28N2O3. The first kappa shape index (κ1) is 22.9. The molecule has 2 atom stereocenters. The van der Waals surface area contributed by atoms with Crippen molar-refractivity contribution in [3.05, 3.63) is 119 Å². The van der Waals surface area contributed by atoms with Crippen LogP contribution >= 0.6 is 0 Å². The van der Waals surface area contributed by atoms with Crippen LogP contribution in [0.2, 0.25) is 0 Å². The van der Waals surface area contributed by atoms with Crippen LogP contribution in [0.15, 0.2) is 97.1 Å². The molecular weight excluding hydrogens is 424 g/mol. The number of carbonyl (C=O) groups is 1. The fraction of sp³-hybridized carbons (Fsp3) is 0.138. The molecule has 0 aliphatic carbocycles. The number of aromatic hydroxyl groups is 2. The first-order valence-corrected chi connectivity index (χ1v) is 11.2. The van der Waals surface area contributed by atoms with Gasteiger partial charge in [0.25, 0.3) is 0 Å². The highest BCUT2D eigenvalue weighted by Gasteiger charge is 2.32. The topological polar surface area (TPSA) is 110 Å². The van der Waals surface area contributed by atoms with Crippen LogP contribution in [0.25, 0.3) is 0 Å². The number of nitrogen functional groups attached to an aromatic ring is 2. The number of para-hydroxylation sites is 2. The van der Waals surface area contributed by atoms with Crippen molar-refractivity contribution in [1.29, 1.82) is 0 Å². The number of hydrogen-bond donors (Lipinski definition) is 4. The van der Waals surface area contributed by atoms with Crippen LogP contribution in [0.3, 0.4) is 0 Å². The van der Waals surface area contributed by atoms with Gasteiger partial charge in [-0.15, -0.1) is 0 Å². The van der Waals surface area contributed by atoms with E-state index in [2.05, 4.69) is 0 Å². The fourth-order valence-electron chi connectivity index (χ4n) is 4.36. The summed E-state index contributed by atoms with van der Waals surface area (Å²) >= 11 is 0. The summed E-state index contributed by atoms with van der Waals surface area (Å²) in [6.07, 6.45) is 0.873. The Labute approximate surface area is 199 Å². The minimum absolute atomic E-state index is 0.0111. The van der Waals surface area contributed by atoms with E-state index in [1.165, 1.54) is 0 Å². The summed E-state index contributed by atoms with van der Waals surface area (Å²) in [4.78, 5) is 14.3. The Morgan fingerprint density at radius 2 is 0.941 bits per heavy atom. The summed E-state index contributed by atoms with van der Waals surface area (Å²) in [5, 5.41) is 19.4. The zero-order chi connectivity index (χ0) is 24.1. The predicted molar refractivity (Wildman–Crippen MR) is 136 cm³/mol. The van der Waals surface area contributed by atoms with Gasteiger partial charge in [0.1, 0.15) is 17.3 Å². The normalized spacial score (nSPS) is 12.7. The summed E-state index contributed by atoms with van der Waals surface area (Å²) < 4.78 is 0. The van der Waals surface area contributed by atoms with Crippen molar-refractivity contribution < 1.29 is 15.0 Å². The maximum Gasteiger partial charge on any atom is 0.148 e. The van der Waals surface area contributed by atoms with Crippen LogP contribution in [0.1, 0.15) is 34.1 Å². The van der Waals surface area contributed by atoms with E-state index in [4.69, 9.17) is 11.5 Å². The number of carbonyl (C=O) groups excluding carboxylic acids is 1. The molecule has 4 rings (SSSR count). The van der Waals surface area contributed by atoms with Gasteiger partial charge in [0, 0.05) is 23.2 Å². The zero-order valence-electron chi connectivity index (χ0n) is 18.8. The molecule has 4 aromatic rings. The molecule has 172 valence electrons. The van der Waals surface area contributed by atoms with Crippen molar-refractivity contribution in [2.24, 2.45) is 0 Å². The van der Waals surface area contributed by atoms with Crippen LogP contribution in [0.5, 0.6) is 11.5 Å². The van der Waals surface area contributed by atoms with E-state index in [1.54, 1.807) is 36.4 Å². The van der Waals surface area contributed by atoms with Crippen LogP contribution < -0.4 is 11.5 Å². The predicted octanol–water partition coefficient (Wildman–Crippen LogP) is 5.18. The first-order valence-electron chi connectivity index (χ1n) is 11.2. The van der Waals surface area contributed by atoms with Gasteiger partial charge in [0.2, 0.25) is 0 Å². The van der Waals surface area contributed by atoms with Crippen molar-refractivity contribution >= 4 is 17.2 Å². The van der Waals surface area contributed by atoms with Gasteiger partial charge in [0.15, 0.2) is 0 Å². The molecule has 0 saturated heterocycles. The molecule has 0 aromatic heterocycles. The molecule has 0 amide bonds. The lowest BCUT2D eigenvalue weighted by atomic mass is 9.77. The maximum absolute atomic E-state index is 14.3. The van der Waals surface area contributed by atoms with Crippen molar-refractivity contribution in [2.45, 2.75) is 24.7 Å². The van der Waals surface area contributed by atoms with E-state index in [9.17, 15) is 15.0 Å². The number of ketones is 1. The molecule has 0 heterocycles. The smallest absolute Gasteiger partial charge is 0.148 e. The Bertz CT molecular complexity index is 1170. The van der Waals surface area contributed by atoms with E-state index in [-0.39, 0.29) is 17.3 Å². The number of benzene rings is 4. The van der Waals surface area contributed by atoms with Gasteiger partial charge < -0.3 is 21.7 Å². The molecule has 2 unspecified atom stereocenters. The average Bonchev–Trinajstić information content (AvgIpc) is 2.84. The number of hydrogen-bond acceptors (Lipinski definition) is 5. The van der Waals surface area contributed by atoms with Gasteiger partial charge in [-0.1, -0.05) is 60.7 Å². The Hall–Kier alpha value is -4.25. The molecule has 0 fully saturated rings. The van der Waals surface area contributed by atoms with Crippen molar-refractivity contribution in [2.75, 3.05) is 11.5 Å². The van der Waals surface area contributed by atoms with Crippen molar-refractivity contribution in [3.8, 4) is 11.5 Å². The third kappa shape index (κ3) is 5.21. The Kier molecular flexibility index (Phi) is 6.83. The highest BCUT2D eigenvalue weighted by atomic mass is 16.3. The van der Waals surface area contributed by atoms with E-state index in [1.807, 2.05) is 60.7 Å². The quantitative estimate of drug-likeness (QED) is 0.275. The maximum atomic E-state index is 14.3. The fourth-order valence-corrected chi connectivity index (χ4v) is 4.36.